The molecule has 1 aliphatic carbocycles. The molecule has 2 aromatic heterocycles. The Morgan fingerprint density at radius 1 is 1.52 bits per heavy atom. The zero-order valence-electron chi connectivity index (χ0n) is 14.4. The molecular formula is C18H23N3O3S. The van der Waals surface area contributed by atoms with Crippen LogP contribution in [0.2, 0.25) is 0 Å². The smallest absolute Gasteiger partial charge is 0.276 e. The predicted octanol–water partition coefficient (Wildman–Crippen LogP) is 2.67. The van der Waals surface area contributed by atoms with Gasteiger partial charge in [-0.1, -0.05) is 5.16 Å². The highest BCUT2D eigenvalue weighted by Crippen LogP contribution is 2.56. The monoisotopic (exact) mass is 361 g/mol. The van der Waals surface area contributed by atoms with Crippen molar-refractivity contribution in [2.75, 3.05) is 20.2 Å². The van der Waals surface area contributed by atoms with Gasteiger partial charge in [-0.2, -0.15) is 11.3 Å². The fourth-order valence-corrected chi connectivity index (χ4v) is 4.56. The summed E-state index contributed by atoms with van der Waals surface area (Å²) in [5.41, 5.74) is 1.84. The van der Waals surface area contributed by atoms with E-state index in [1.807, 2.05) is 4.90 Å². The summed E-state index contributed by atoms with van der Waals surface area (Å²) < 4.78 is 10.3. The standard InChI is InChI=1S/C18H23N3O3S/c1-23-11-14-8-15(20-24-14)17(22)21(10-13-2-7-25-12-13)16-9-18(16)3-5-19-6-4-18/h2,7-8,12,16,19H,3-6,9-11H2,1H3. The summed E-state index contributed by atoms with van der Waals surface area (Å²) in [7, 11) is 1.60. The van der Waals surface area contributed by atoms with Gasteiger partial charge in [-0.3, -0.25) is 4.79 Å². The molecule has 0 radical (unpaired) electrons. The lowest BCUT2D eigenvalue weighted by atomic mass is 9.93. The van der Waals surface area contributed by atoms with E-state index in [9.17, 15) is 4.79 Å². The molecule has 6 nitrogen and oxygen atoms in total. The van der Waals surface area contributed by atoms with Gasteiger partial charge in [-0.15, -0.1) is 0 Å². The van der Waals surface area contributed by atoms with Gasteiger partial charge >= 0.3 is 0 Å². The molecule has 2 fully saturated rings. The van der Waals surface area contributed by atoms with Crippen molar-refractivity contribution in [1.29, 1.82) is 0 Å². The van der Waals surface area contributed by atoms with Crippen molar-refractivity contribution < 1.29 is 14.1 Å². The van der Waals surface area contributed by atoms with E-state index in [0.717, 1.165) is 32.4 Å². The zero-order valence-corrected chi connectivity index (χ0v) is 15.2. The number of nitrogens with one attached hydrogen (secondary N) is 1. The largest absolute Gasteiger partial charge is 0.377 e. The Hall–Kier alpha value is -1.70. The van der Waals surface area contributed by atoms with Gasteiger partial charge in [0.15, 0.2) is 11.5 Å². The summed E-state index contributed by atoms with van der Waals surface area (Å²) in [5, 5.41) is 11.6. The lowest BCUT2D eigenvalue weighted by Gasteiger charge is -2.29. The van der Waals surface area contributed by atoms with Gasteiger partial charge in [0.05, 0.1) is 0 Å². The van der Waals surface area contributed by atoms with Crippen LogP contribution in [0.4, 0.5) is 0 Å². The van der Waals surface area contributed by atoms with Crippen molar-refractivity contribution in [3.63, 3.8) is 0 Å². The number of rotatable bonds is 6. The highest BCUT2D eigenvalue weighted by atomic mass is 32.1. The van der Waals surface area contributed by atoms with Gasteiger partial charge in [0.1, 0.15) is 6.61 Å². The Bertz CT molecular complexity index is 722. The Kier molecular flexibility index (Phi) is 4.62. The van der Waals surface area contributed by atoms with Crippen LogP contribution in [0.15, 0.2) is 27.4 Å². The molecule has 3 heterocycles. The molecule has 1 atom stereocenters. The lowest BCUT2D eigenvalue weighted by Crippen LogP contribution is -2.39. The number of nitrogens with zero attached hydrogens (tertiary/aromatic N) is 2. The van der Waals surface area contributed by atoms with Crippen molar-refractivity contribution >= 4 is 17.2 Å². The fraction of sp³-hybridized carbons (Fsp3) is 0.556. The fourth-order valence-electron chi connectivity index (χ4n) is 3.90. The number of ether oxygens (including phenoxy) is 1. The number of amides is 1. The highest BCUT2D eigenvalue weighted by Gasteiger charge is 2.58. The number of thiophene rings is 1. The number of aromatic nitrogens is 1. The minimum absolute atomic E-state index is 0.0438. The highest BCUT2D eigenvalue weighted by molar-refractivity contribution is 7.07. The number of hydrogen-bond acceptors (Lipinski definition) is 6. The van der Waals surface area contributed by atoms with E-state index in [4.69, 9.17) is 9.26 Å². The molecule has 1 spiro atoms. The van der Waals surface area contributed by atoms with Gasteiger partial charge in [0.2, 0.25) is 0 Å². The molecule has 134 valence electrons. The summed E-state index contributed by atoms with van der Waals surface area (Å²) >= 11 is 1.66. The first-order chi connectivity index (χ1) is 12.2. The molecule has 1 N–H and O–H groups in total. The second kappa shape index (κ2) is 6.90. The molecule has 1 amide bonds. The van der Waals surface area contributed by atoms with E-state index in [-0.39, 0.29) is 11.3 Å². The summed E-state index contributed by atoms with van der Waals surface area (Å²) in [6.07, 6.45) is 3.37. The first-order valence-corrected chi connectivity index (χ1v) is 9.63. The maximum absolute atomic E-state index is 13.1. The van der Waals surface area contributed by atoms with Gasteiger partial charge in [0, 0.05) is 25.8 Å². The molecule has 2 aromatic rings. The Labute approximate surface area is 151 Å². The quantitative estimate of drug-likeness (QED) is 0.857. The van der Waals surface area contributed by atoms with Gasteiger partial charge in [-0.05, 0) is 60.2 Å². The van der Waals surface area contributed by atoms with Gasteiger partial charge in [-0.25, -0.2) is 0 Å². The van der Waals surface area contributed by atoms with Crippen LogP contribution in [-0.2, 0) is 17.9 Å². The molecule has 1 saturated heterocycles. The number of hydrogen-bond donors (Lipinski definition) is 1. The van der Waals surface area contributed by atoms with E-state index < -0.39 is 0 Å². The normalized spacial score (nSPS) is 21.4. The minimum Gasteiger partial charge on any atom is -0.377 e. The SMILES string of the molecule is COCc1cc(C(=O)N(Cc2ccsc2)C2CC23CCNCC3)no1. The van der Waals surface area contributed by atoms with Crippen LogP contribution in [0, 0.1) is 5.41 Å². The third-order valence-electron chi connectivity index (χ3n) is 5.38. The molecule has 25 heavy (non-hydrogen) atoms. The molecule has 0 aromatic carbocycles. The molecule has 1 saturated carbocycles. The molecule has 2 aliphatic rings. The van der Waals surface area contributed by atoms with Gasteiger partial charge in [0.25, 0.3) is 5.91 Å². The number of methoxy groups -OCH3 is 1. The van der Waals surface area contributed by atoms with E-state index in [0.29, 0.717) is 30.6 Å². The Morgan fingerprint density at radius 3 is 3.08 bits per heavy atom. The number of piperidine rings is 1. The molecule has 1 unspecified atom stereocenters. The van der Waals surface area contributed by atoms with Crippen LogP contribution in [0.5, 0.6) is 0 Å². The van der Waals surface area contributed by atoms with Crippen molar-refractivity contribution in [2.24, 2.45) is 5.41 Å². The third kappa shape index (κ3) is 3.36. The van der Waals surface area contributed by atoms with Crippen molar-refractivity contribution in [1.82, 2.24) is 15.4 Å². The molecule has 7 heteroatoms. The van der Waals surface area contributed by atoms with E-state index in [1.54, 1.807) is 24.5 Å². The van der Waals surface area contributed by atoms with Gasteiger partial charge < -0.3 is 19.5 Å². The number of carbonyl (C=O) groups is 1. The van der Waals surface area contributed by atoms with Crippen LogP contribution in [0.25, 0.3) is 0 Å². The average Bonchev–Trinajstić information content (AvgIpc) is 3.04. The second-order valence-electron chi connectivity index (χ2n) is 7.01. The minimum atomic E-state index is -0.0438. The first kappa shape index (κ1) is 16.8. The summed E-state index contributed by atoms with van der Waals surface area (Å²) in [5.74, 6) is 0.534. The van der Waals surface area contributed by atoms with Crippen LogP contribution in [-0.4, -0.2) is 42.2 Å². The van der Waals surface area contributed by atoms with E-state index >= 15 is 0 Å². The maximum Gasteiger partial charge on any atom is 0.276 e. The van der Waals surface area contributed by atoms with Crippen LogP contribution >= 0.6 is 11.3 Å². The molecule has 0 bridgehead atoms. The Morgan fingerprint density at radius 2 is 2.36 bits per heavy atom. The first-order valence-electron chi connectivity index (χ1n) is 8.69. The van der Waals surface area contributed by atoms with Crippen LogP contribution in [0.3, 0.4) is 0 Å². The average molecular weight is 361 g/mol. The van der Waals surface area contributed by atoms with E-state index in [2.05, 4.69) is 27.3 Å². The summed E-state index contributed by atoms with van der Waals surface area (Å²) in [6, 6.07) is 4.08. The van der Waals surface area contributed by atoms with Crippen molar-refractivity contribution in [3.8, 4) is 0 Å². The molecule has 1 aliphatic heterocycles. The second-order valence-corrected chi connectivity index (χ2v) is 7.79. The van der Waals surface area contributed by atoms with Crippen molar-refractivity contribution in [2.45, 2.75) is 38.5 Å². The lowest BCUT2D eigenvalue weighted by molar-refractivity contribution is 0.0681. The maximum atomic E-state index is 13.1. The summed E-state index contributed by atoms with van der Waals surface area (Å²) in [4.78, 5) is 15.1. The topological polar surface area (TPSA) is 67.6 Å². The summed E-state index contributed by atoms with van der Waals surface area (Å²) in [6.45, 7) is 3.04. The molecule has 4 rings (SSSR count). The van der Waals surface area contributed by atoms with Crippen LogP contribution < -0.4 is 5.32 Å². The zero-order chi connectivity index (χ0) is 17.3. The third-order valence-corrected chi connectivity index (χ3v) is 6.11. The van der Waals surface area contributed by atoms with E-state index in [1.165, 1.54) is 5.56 Å². The van der Waals surface area contributed by atoms with Crippen molar-refractivity contribution in [3.05, 3.63) is 39.9 Å². The van der Waals surface area contributed by atoms with Crippen LogP contribution in [0.1, 0.15) is 41.1 Å². The Balaban J connectivity index is 1.55. The molecular weight excluding hydrogens is 338 g/mol. The number of carbonyl (C=O) groups excluding carboxylic acids is 1. The predicted molar refractivity (Wildman–Crippen MR) is 94.4 cm³/mol.